The number of amides is 1. The molecule has 0 saturated heterocycles. The van der Waals surface area contributed by atoms with E-state index in [0.717, 1.165) is 0 Å². The van der Waals surface area contributed by atoms with Gasteiger partial charge in [-0.15, -0.1) is 6.58 Å². The molecule has 3 aromatic rings. The zero-order valence-corrected chi connectivity index (χ0v) is 15.8. The van der Waals surface area contributed by atoms with Crippen LogP contribution in [0.1, 0.15) is 10.4 Å². The number of ether oxygens (including phenoxy) is 3. The topological polar surface area (TPSA) is 91.9 Å². The van der Waals surface area contributed by atoms with Crippen molar-refractivity contribution in [1.29, 1.82) is 0 Å². The number of carbonyl (C=O) groups is 1. The van der Waals surface area contributed by atoms with E-state index in [9.17, 15) is 9.59 Å². The van der Waals surface area contributed by atoms with Crippen LogP contribution in [0, 0.1) is 0 Å². The summed E-state index contributed by atoms with van der Waals surface area (Å²) in [6.45, 7) is 3.91. The minimum atomic E-state index is -0.503. The molecule has 1 aromatic heterocycles. The highest BCUT2D eigenvalue weighted by molar-refractivity contribution is 6.06. The summed E-state index contributed by atoms with van der Waals surface area (Å²) in [6.07, 6.45) is 1.58. The molecular weight excluding hydrogens is 364 g/mol. The van der Waals surface area contributed by atoms with Crippen LogP contribution >= 0.6 is 0 Å². The number of benzene rings is 2. The van der Waals surface area contributed by atoms with Crippen LogP contribution in [0.15, 0.2) is 52.2 Å². The summed E-state index contributed by atoms with van der Waals surface area (Å²) in [5.74, 6) is 0.396. The Balaban J connectivity index is 1.96. The van der Waals surface area contributed by atoms with E-state index in [0.29, 0.717) is 39.6 Å². The van der Waals surface area contributed by atoms with Crippen molar-refractivity contribution in [3.8, 4) is 17.2 Å². The number of nitrogens with zero attached hydrogens (tertiary/aromatic N) is 1. The lowest BCUT2D eigenvalue weighted by Gasteiger charge is -2.14. The zero-order chi connectivity index (χ0) is 20.3. The molecule has 0 atom stereocenters. The molecule has 0 unspecified atom stereocenters. The second-order valence-corrected chi connectivity index (χ2v) is 5.82. The number of allylic oxidation sites excluding steroid dienone is 1. The molecule has 1 amide bonds. The van der Waals surface area contributed by atoms with Crippen LogP contribution in [0.4, 0.5) is 5.69 Å². The Morgan fingerprint density at radius 2 is 1.82 bits per heavy atom. The van der Waals surface area contributed by atoms with E-state index in [1.165, 1.54) is 25.9 Å². The van der Waals surface area contributed by atoms with Crippen LogP contribution in [0.5, 0.6) is 17.2 Å². The second kappa shape index (κ2) is 7.91. The molecule has 8 heteroatoms. The van der Waals surface area contributed by atoms with Crippen molar-refractivity contribution in [3.05, 3.63) is 59.1 Å². The molecule has 0 aliphatic rings. The monoisotopic (exact) mass is 384 g/mol. The first kappa shape index (κ1) is 19.1. The largest absolute Gasteiger partial charge is 0.493 e. The third-order valence-corrected chi connectivity index (χ3v) is 4.16. The molecule has 0 radical (unpaired) electrons. The van der Waals surface area contributed by atoms with Gasteiger partial charge in [0.05, 0.1) is 26.8 Å². The maximum atomic E-state index is 12.7. The van der Waals surface area contributed by atoms with E-state index < -0.39 is 5.76 Å². The Bertz CT molecular complexity index is 1070. The number of aromatic nitrogens is 1. The number of oxazole rings is 1. The van der Waals surface area contributed by atoms with Crippen molar-refractivity contribution in [1.82, 2.24) is 4.57 Å². The summed E-state index contributed by atoms with van der Waals surface area (Å²) in [5, 5.41) is 2.79. The highest BCUT2D eigenvalue weighted by atomic mass is 16.5. The van der Waals surface area contributed by atoms with E-state index in [4.69, 9.17) is 18.6 Å². The predicted octanol–water partition coefficient (Wildman–Crippen LogP) is 3.06. The summed E-state index contributed by atoms with van der Waals surface area (Å²) in [5.41, 5.74) is 1.74. The summed E-state index contributed by atoms with van der Waals surface area (Å²) >= 11 is 0. The number of hydrogen-bond acceptors (Lipinski definition) is 6. The van der Waals surface area contributed by atoms with Gasteiger partial charge in [0.1, 0.15) is 0 Å². The molecule has 146 valence electrons. The first-order chi connectivity index (χ1) is 13.5. The van der Waals surface area contributed by atoms with Gasteiger partial charge in [-0.3, -0.25) is 9.36 Å². The Labute approximate surface area is 160 Å². The van der Waals surface area contributed by atoms with Gasteiger partial charge in [0.25, 0.3) is 5.91 Å². The van der Waals surface area contributed by atoms with Crippen LogP contribution in [0.2, 0.25) is 0 Å². The van der Waals surface area contributed by atoms with Gasteiger partial charge in [0.15, 0.2) is 17.1 Å². The Morgan fingerprint density at radius 3 is 2.39 bits per heavy atom. The standard InChI is InChI=1S/C20H20N2O6/c1-5-8-22-14-9-12(6-7-15(14)28-20(22)24)19(23)21-13-10-16(25-2)18(27-4)17(11-13)26-3/h5-7,9-11H,1,8H2,2-4H3,(H,21,23). The minimum Gasteiger partial charge on any atom is -0.493 e. The van der Waals surface area contributed by atoms with Gasteiger partial charge < -0.3 is 23.9 Å². The molecule has 1 heterocycles. The van der Waals surface area contributed by atoms with E-state index in [2.05, 4.69) is 11.9 Å². The van der Waals surface area contributed by atoms with Gasteiger partial charge in [-0.1, -0.05) is 6.08 Å². The molecule has 0 fully saturated rings. The molecule has 1 N–H and O–H groups in total. The molecule has 8 nitrogen and oxygen atoms in total. The number of nitrogens with one attached hydrogen (secondary N) is 1. The molecular formula is C20H20N2O6. The Hall–Kier alpha value is -3.68. The quantitative estimate of drug-likeness (QED) is 0.630. The molecule has 0 spiro atoms. The number of rotatable bonds is 7. The highest BCUT2D eigenvalue weighted by Gasteiger charge is 2.16. The van der Waals surface area contributed by atoms with Crippen molar-refractivity contribution in [2.45, 2.75) is 6.54 Å². The van der Waals surface area contributed by atoms with E-state index >= 15 is 0 Å². The minimum absolute atomic E-state index is 0.282. The first-order valence-electron chi connectivity index (χ1n) is 8.38. The number of anilines is 1. The summed E-state index contributed by atoms with van der Waals surface area (Å²) in [6, 6.07) is 8.01. The van der Waals surface area contributed by atoms with Crippen molar-refractivity contribution in [2.24, 2.45) is 0 Å². The van der Waals surface area contributed by atoms with Crippen LogP contribution < -0.4 is 25.3 Å². The fourth-order valence-corrected chi connectivity index (χ4v) is 2.86. The lowest BCUT2D eigenvalue weighted by Crippen LogP contribution is -2.14. The lowest BCUT2D eigenvalue weighted by atomic mass is 10.1. The van der Waals surface area contributed by atoms with Crippen molar-refractivity contribution in [2.75, 3.05) is 26.6 Å². The summed E-state index contributed by atoms with van der Waals surface area (Å²) in [7, 11) is 4.49. The third-order valence-electron chi connectivity index (χ3n) is 4.16. The Morgan fingerprint density at radius 1 is 1.14 bits per heavy atom. The average Bonchev–Trinajstić information content (AvgIpc) is 3.02. The SMILES string of the molecule is C=CCn1c(=O)oc2ccc(C(=O)Nc3cc(OC)c(OC)c(OC)c3)cc21. The van der Waals surface area contributed by atoms with Gasteiger partial charge in [-0.2, -0.15) is 0 Å². The lowest BCUT2D eigenvalue weighted by molar-refractivity contribution is 0.102. The van der Waals surface area contributed by atoms with E-state index in [1.807, 2.05) is 0 Å². The van der Waals surface area contributed by atoms with E-state index in [-0.39, 0.29) is 12.5 Å². The van der Waals surface area contributed by atoms with Crippen LogP contribution in [-0.2, 0) is 6.54 Å². The molecule has 0 aliphatic heterocycles. The highest BCUT2D eigenvalue weighted by Crippen LogP contribution is 2.40. The maximum Gasteiger partial charge on any atom is 0.420 e. The summed E-state index contributed by atoms with van der Waals surface area (Å²) in [4.78, 5) is 24.6. The molecule has 3 rings (SSSR count). The van der Waals surface area contributed by atoms with Crippen LogP contribution in [-0.4, -0.2) is 31.8 Å². The number of hydrogen-bond donors (Lipinski definition) is 1. The van der Waals surface area contributed by atoms with Crippen molar-refractivity contribution < 1.29 is 23.4 Å². The molecule has 0 bridgehead atoms. The van der Waals surface area contributed by atoms with Crippen LogP contribution in [0.3, 0.4) is 0 Å². The molecule has 0 saturated carbocycles. The first-order valence-corrected chi connectivity index (χ1v) is 8.38. The van der Waals surface area contributed by atoms with Gasteiger partial charge in [-0.25, -0.2) is 4.79 Å². The third kappa shape index (κ3) is 3.44. The van der Waals surface area contributed by atoms with Gasteiger partial charge in [-0.05, 0) is 18.2 Å². The fraction of sp³-hybridized carbons (Fsp3) is 0.200. The predicted molar refractivity (Wildman–Crippen MR) is 105 cm³/mol. The van der Waals surface area contributed by atoms with Gasteiger partial charge in [0.2, 0.25) is 5.75 Å². The molecule has 0 aliphatic carbocycles. The van der Waals surface area contributed by atoms with Gasteiger partial charge >= 0.3 is 5.76 Å². The smallest absolute Gasteiger partial charge is 0.420 e. The van der Waals surface area contributed by atoms with Gasteiger partial charge in [0, 0.05) is 29.9 Å². The average molecular weight is 384 g/mol. The Kier molecular flexibility index (Phi) is 5.39. The fourth-order valence-electron chi connectivity index (χ4n) is 2.86. The summed E-state index contributed by atoms with van der Waals surface area (Å²) < 4.78 is 22.4. The second-order valence-electron chi connectivity index (χ2n) is 5.82. The van der Waals surface area contributed by atoms with Crippen LogP contribution in [0.25, 0.3) is 11.1 Å². The number of methoxy groups -OCH3 is 3. The van der Waals surface area contributed by atoms with Crippen molar-refractivity contribution in [3.63, 3.8) is 0 Å². The van der Waals surface area contributed by atoms with E-state index in [1.54, 1.807) is 36.4 Å². The molecule has 2 aromatic carbocycles. The maximum absolute atomic E-state index is 12.7. The molecule has 28 heavy (non-hydrogen) atoms. The van der Waals surface area contributed by atoms with Crippen molar-refractivity contribution >= 4 is 22.7 Å². The normalized spacial score (nSPS) is 10.5. The number of carbonyl (C=O) groups excluding carboxylic acids is 1. The number of fused-ring (bicyclic) bond motifs is 1. The zero-order valence-electron chi connectivity index (χ0n) is 15.8.